The van der Waals surface area contributed by atoms with Gasteiger partial charge in [0.05, 0.1) is 5.41 Å². The Bertz CT molecular complexity index is 3690. The summed E-state index contributed by atoms with van der Waals surface area (Å²) in [5.41, 5.74) is 29.4. The SMILES string of the molecule is CC1(C)c2ccccc2-c2ccc(-c3ccc(N(c4ccc(-c5cccc6c5-c5ccccc5C65c6ccccc6-c6ccccc65)cc4)c4ccc5c(c4)C(C)(C)c4ccccc4-5)cc3)cc21. The Morgan fingerprint density at radius 1 is 0.250 bits per heavy atom. The van der Waals surface area contributed by atoms with Gasteiger partial charge in [0.1, 0.15) is 0 Å². The van der Waals surface area contributed by atoms with Gasteiger partial charge in [-0.3, -0.25) is 0 Å². The van der Waals surface area contributed by atoms with Crippen LogP contribution in [-0.4, -0.2) is 0 Å². The van der Waals surface area contributed by atoms with E-state index in [2.05, 4.69) is 257 Å². The summed E-state index contributed by atoms with van der Waals surface area (Å²) < 4.78 is 0. The molecule has 10 aromatic carbocycles. The zero-order valence-electron chi connectivity index (χ0n) is 38.8. The topological polar surface area (TPSA) is 3.24 Å². The number of hydrogen-bond acceptors (Lipinski definition) is 1. The van der Waals surface area contributed by atoms with E-state index in [1.54, 1.807) is 0 Å². The van der Waals surface area contributed by atoms with Crippen LogP contribution < -0.4 is 4.90 Å². The minimum atomic E-state index is -0.375. The molecule has 68 heavy (non-hydrogen) atoms. The van der Waals surface area contributed by atoms with Crippen molar-refractivity contribution in [1.82, 2.24) is 0 Å². The predicted octanol–water partition coefficient (Wildman–Crippen LogP) is 17.4. The van der Waals surface area contributed by atoms with Crippen LogP contribution in [0.3, 0.4) is 0 Å². The highest BCUT2D eigenvalue weighted by molar-refractivity contribution is 6.00. The van der Waals surface area contributed by atoms with Crippen molar-refractivity contribution in [1.29, 1.82) is 0 Å². The van der Waals surface area contributed by atoms with Crippen molar-refractivity contribution in [2.24, 2.45) is 0 Å². The van der Waals surface area contributed by atoms with E-state index in [0.717, 1.165) is 17.1 Å². The molecule has 0 saturated heterocycles. The van der Waals surface area contributed by atoms with Crippen LogP contribution in [0.5, 0.6) is 0 Å². The largest absolute Gasteiger partial charge is 0.310 e. The fourth-order valence-electron chi connectivity index (χ4n) is 13.1. The van der Waals surface area contributed by atoms with E-state index >= 15 is 0 Å². The molecule has 0 amide bonds. The molecule has 0 saturated carbocycles. The van der Waals surface area contributed by atoms with E-state index in [1.807, 2.05) is 0 Å². The summed E-state index contributed by atoms with van der Waals surface area (Å²) in [7, 11) is 0. The zero-order chi connectivity index (χ0) is 45.5. The predicted molar refractivity (Wildman–Crippen MR) is 283 cm³/mol. The molecule has 0 unspecified atom stereocenters. The zero-order valence-corrected chi connectivity index (χ0v) is 38.8. The molecule has 0 fully saturated rings. The molecule has 322 valence electrons. The van der Waals surface area contributed by atoms with Gasteiger partial charge in [-0.1, -0.05) is 210 Å². The average Bonchev–Trinajstić information content (AvgIpc) is 4.02. The molecule has 4 aliphatic rings. The molecule has 0 bridgehead atoms. The summed E-state index contributed by atoms with van der Waals surface area (Å²) in [5.74, 6) is 0. The van der Waals surface area contributed by atoms with Crippen molar-refractivity contribution in [2.75, 3.05) is 4.90 Å². The van der Waals surface area contributed by atoms with Gasteiger partial charge in [-0.05, 0) is 154 Å². The van der Waals surface area contributed by atoms with Crippen LogP contribution in [0.1, 0.15) is 72.2 Å². The van der Waals surface area contributed by atoms with Crippen molar-refractivity contribution in [3.05, 3.63) is 269 Å². The van der Waals surface area contributed by atoms with E-state index < -0.39 is 0 Å². The number of fused-ring (bicyclic) bond motifs is 16. The molecule has 1 heteroatoms. The molecular weight excluding hydrogens is 819 g/mol. The monoisotopic (exact) mass is 867 g/mol. The maximum Gasteiger partial charge on any atom is 0.0725 e. The summed E-state index contributed by atoms with van der Waals surface area (Å²) in [5, 5.41) is 0. The maximum absolute atomic E-state index is 2.45. The highest BCUT2D eigenvalue weighted by Gasteiger charge is 2.52. The van der Waals surface area contributed by atoms with Gasteiger partial charge in [-0.25, -0.2) is 0 Å². The minimum Gasteiger partial charge on any atom is -0.310 e. The lowest BCUT2D eigenvalue weighted by molar-refractivity contribution is 0.660. The van der Waals surface area contributed by atoms with Gasteiger partial charge in [0, 0.05) is 27.9 Å². The second-order valence-corrected chi connectivity index (χ2v) is 20.4. The first-order valence-corrected chi connectivity index (χ1v) is 24.2. The van der Waals surface area contributed by atoms with Gasteiger partial charge in [0.25, 0.3) is 0 Å². The summed E-state index contributed by atoms with van der Waals surface area (Å²) in [4.78, 5) is 2.45. The molecule has 0 aromatic heterocycles. The van der Waals surface area contributed by atoms with Crippen molar-refractivity contribution >= 4 is 17.1 Å². The third kappa shape index (κ3) is 5.17. The molecule has 0 radical (unpaired) electrons. The highest BCUT2D eigenvalue weighted by atomic mass is 15.1. The van der Waals surface area contributed by atoms with Crippen LogP contribution in [0, 0.1) is 0 Å². The quantitative estimate of drug-likeness (QED) is 0.167. The Kier molecular flexibility index (Phi) is 8.08. The summed E-state index contributed by atoms with van der Waals surface area (Å²) in [6.07, 6.45) is 0. The van der Waals surface area contributed by atoms with Crippen LogP contribution in [0.15, 0.2) is 224 Å². The van der Waals surface area contributed by atoms with Gasteiger partial charge in [-0.2, -0.15) is 0 Å². The first kappa shape index (κ1) is 39.2. The van der Waals surface area contributed by atoms with E-state index in [9.17, 15) is 0 Å². The smallest absolute Gasteiger partial charge is 0.0725 e. The molecule has 0 aliphatic heterocycles. The van der Waals surface area contributed by atoms with Crippen LogP contribution in [0.2, 0.25) is 0 Å². The first-order chi connectivity index (χ1) is 33.2. The van der Waals surface area contributed by atoms with Gasteiger partial charge < -0.3 is 4.90 Å². The standard InChI is InChI=1S/C67H49N/c1-65(2)56-22-10-5-16-49(56)53-38-32-44(40-62(53)65)42-28-33-45(34-29-42)68(47-37-39-54-50-17-6-11-23-57(50)66(3,4)63(54)41-47)46-35-30-43(31-36-46)48-21-15-27-61-64(48)55-20-9-14-26-60(55)67(61)58-24-12-7-18-51(58)52-19-8-13-25-59(52)67/h5-41H,1-4H3. The van der Waals surface area contributed by atoms with E-state index in [4.69, 9.17) is 0 Å². The number of rotatable bonds is 5. The fraction of sp³-hybridized carbons (Fsp3) is 0.104. The van der Waals surface area contributed by atoms with Crippen LogP contribution >= 0.6 is 0 Å². The second kappa shape index (κ2) is 14.0. The molecular formula is C67H49N. The van der Waals surface area contributed by atoms with Gasteiger partial charge in [-0.15, -0.1) is 0 Å². The molecule has 1 spiro atoms. The molecule has 1 nitrogen and oxygen atoms in total. The molecule has 4 aliphatic carbocycles. The number of anilines is 3. The van der Waals surface area contributed by atoms with E-state index in [0.29, 0.717) is 0 Å². The molecule has 0 atom stereocenters. The Labute approximate surface area is 399 Å². The van der Waals surface area contributed by atoms with Gasteiger partial charge in [0.15, 0.2) is 0 Å². The van der Waals surface area contributed by atoms with Crippen molar-refractivity contribution in [3.63, 3.8) is 0 Å². The number of nitrogens with zero attached hydrogens (tertiary/aromatic N) is 1. The minimum absolute atomic E-state index is 0.0518. The Hall–Kier alpha value is -8.00. The van der Waals surface area contributed by atoms with Crippen molar-refractivity contribution in [3.8, 4) is 66.8 Å². The maximum atomic E-state index is 2.45. The average molecular weight is 868 g/mol. The second-order valence-electron chi connectivity index (χ2n) is 20.4. The van der Waals surface area contributed by atoms with Crippen LogP contribution in [0.4, 0.5) is 17.1 Å². The third-order valence-corrected chi connectivity index (χ3v) is 16.3. The van der Waals surface area contributed by atoms with Crippen LogP contribution in [0.25, 0.3) is 66.8 Å². The Morgan fingerprint density at radius 2 is 0.618 bits per heavy atom. The lowest BCUT2D eigenvalue weighted by atomic mass is 9.70. The molecule has 14 rings (SSSR count). The van der Waals surface area contributed by atoms with Crippen molar-refractivity contribution in [2.45, 2.75) is 43.9 Å². The van der Waals surface area contributed by atoms with E-state index in [1.165, 1.54) is 111 Å². The summed E-state index contributed by atoms with van der Waals surface area (Å²) >= 11 is 0. The lowest BCUT2D eigenvalue weighted by Gasteiger charge is -2.30. The summed E-state index contributed by atoms with van der Waals surface area (Å²) in [6, 6.07) is 84.7. The van der Waals surface area contributed by atoms with Crippen LogP contribution in [-0.2, 0) is 16.2 Å². The normalized spacial score (nSPS) is 15.1. The lowest BCUT2D eigenvalue weighted by Crippen LogP contribution is -2.25. The van der Waals surface area contributed by atoms with E-state index in [-0.39, 0.29) is 16.2 Å². The summed E-state index contributed by atoms with van der Waals surface area (Å²) in [6.45, 7) is 9.46. The number of benzene rings is 10. The Morgan fingerprint density at radius 3 is 1.18 bits per heavy atom. The fourth-order valence-corrected chi connectivity index (χ4v) is 13.1. The Balaban J connectivity index is 0.891. The highest BCUT2D eigenvalue weighted by Crippen LogP contribution is 2.64. The molecule has 0 N–H and O–H groups in total. The molecule has 10 aromatic rings. The molecule has 0 heterocycles. The van der Waals surface area contributed by atoms with Gasteiger partial charge >= 0.3 is 0 Å². The number of hydrogen-bond donors (Lipinski definition) is 0. The van der Waals surface area contributed by atoms with Gasteiger partial charge in [0.2, 0.25) is 0 Å². The van der Waals surface area contributed by atoms with Crippen molar-refractivity contribution < 1.29 is 0 Å². The first-order valence-electron chi connectivity index (χ1n) is 24.2. The third-order valence-electron chi connectivity index (χ3n) is 16.3.